The van der Waals surface area contributed by atoms with E-state index >= 15 is 0 Å². The van der Waals surface area contributed by atoms with E-state index in [4.69, 9.17) is 9.47 Å². The van der Waals surface area contributed by atoms with Gasteiger partial charge in [-0.2, -0.15) is 0 Å². The Bertz CT molecular complexity index is 759. The molecule has 0 aliphatic heterocycles. The van der Waals surface area contributed by atoms with Crippen molar-refractivity contribution in [2.24, 2.45) is 0 Å². The van der Waals surface area contributed by atoms with Crippen LogP contribution in [0.3, 0.4) is 0 Å². The van der Waals surface area contributed by atoms with E-state index in [1.165, 1.54) is 5.56 Å². The van der Waals surface area contributed by atoms with Gasteiger partial charge in [0.05, 0.1) is 16.8 Å². The van der Waals surface area contributed by atoms with Gasteiger partial charge in [0.25, 0.3) is 5.91 Å². The van der Waals surface area contributed by atoms with Crippen LogP contribution >= 0.6 is 22.6 Å². The van der Waals surface area contributed by atoms with Gasteiger partial charge in [0.15, 0.2) is 11.5 Å². The van der Waals surface area contributed by atoms with Gasteiger partial charge in [-0.1, -0.05) is 13.0 Å². The molecule has 0 saturated carbocycles. The minimum Gasteiger partial charge on any atom is -0.490 e. The van der Waals surface area contributed by atoms with Gasteiger partial charge < -0.3 is 14.8 Å². The molecule has 0 bridgehead atoms. The molecule has 4 nitrogen and oxygen atoms in total. The Morgan fingerprint density at radius 2 is 1.84 bits per heavy atom. The number of rotatable bonds is 7. The minimum absolute atomic E-state index is 0.163. The summed E-state index contributed by atoms with van der Waals surface area (Å²) in [5.74, 6) is 1.14. The van der Waals surface area contributed by atoms with Crippen LogP contribution in [0.5, 0.6) is 11.5 Å². The Labute approximate surface area is 163 Å². The second-order valence-corrected chi connectivity index (χ2v) is 6.98. The van der Waals surface area contributed by atoms with Crippen molar-refractivity contribution in [2.45, 2.75) is 34.1 Å². The van der Waals surface area contributed by atoms with Gasteiger partial charge in [0, 0.05) is 11.3 Å². The predicted octanol–water partition coefficient (Wildman–Crippen LogP) is 5.35. The predicted molar refractivity (Wildman–Crippen MR) is 110 cm³/mol. The van der Waals surface area contributed by atoms with E-state index in [2.05, 4.69) is 34.8 Å². The van der Waals surface area contributed by atoms with Gasteiger partial charge in [-0.3, -0.25) is 4.79 Å². The molecule has 0 heterocycles. The first-order valence-corrected chi connectivity index (χ1v) is 9.51. The summed E-state index contributed by atoms with van der Waals surface area (Å²) >= 11 is 2.18. The smallest absolute Gasteiger partial charge is 0.255 e. The highest BCUT2D eigenvalue weighted by Crippen LogP contribution is 2.34. The summed E-state index contributed by atoms with van der Waals surface area (Å²) in [7, 11) is 0. The van der Waals surface area contributed by atoms with Crippen LogP contribution in [0.15, 0.2) is 30.3 Å². The molecule has 2 aromatic carbocycles. The van der Waals surface area contributed by atoms with Gasteiger partial charge in [0.1, 0.15) is 0 Å². The van der Waals surface area contributed by atoms with E-state index in [1.54, 1.807) is 6.07 Å². The highest BCUT2D eigenvalue weighted by atomic mass is 127. The summed E-state index contributed by atoms with van der Waals surface area (Å²) in [6.45, 7) is 9.18. The molecular weight excluding hydrogens is 429 g/mol. The molecule has 2 rings (SSSR count). The fraction of sp³-hybridized carbons (Fsp3) is 0.350. The fourth-order valence-electron chi connectivity index (χ4n) is 2.33. The normalized spacial score (nSPS) is 10.4. The highest BCUT2D eigenvalue weighted by Gasteiger charge is 2.16. The van der Waals surface area contributed by atoms with Crippen LogP contribution in [0.25, 0.3) is 0 Å². The van der Waals surface area contributed by atoms with E-state index in [1.807, 2.05) is 45.0 Å². The summed E-state index contributed by atoms with van der Waals surface area (Å²) < 4.78 is 12.3. The summed E-state index contributed by atoms with van der Waals surface area (Å²) in [6, 6.07) is 9.45. The Morgan fingerprint density at radius 3 is 2.48 bits per heavy atom. The van der Waals surface area contributed by atoms with E-state index < -0.39 is 0 Å². The maximum Gasteiger partial charge on any atom is 0.255 e. The van der Waals surface area contributed by atoms with Gasteiger partial charge in [-0.25, -0.2) is 0 Å². The number of benzene rings is 2. The number of nitrogens with one attached hydrogen (secondary N) is 1. The van der Waals surface area contributed by atoms with Crippen molar-refractivity contribution < 1.29 is 14.3 Å². The largest absolute Gasteiger partial charge is 0.490 e. The average molecular weight is 453 g/mol. The molecular formula is C20H24INO3. The molecule has 5 heteroatoms. The van der Waals surface area contributed by atoms with Crippen LogP contribution in [-0.4, -0.2) is 19.1 Å². The maximum atomic E-state index is 12.6. The van der Waals surface area contributed by atoms with Crippen LogP contribution in [-0.2, 0) is 0 Å². The summed E-state index contributed by atoms with van der Waals surface area (Å²) in [4.78, 5) is 12.6. The number of amides is 1. The molecule has 1 N–H and O–H groups in total. The number of carbonyl (C=O) groups excluding carboxylic acids is 1. The first kappa shape index (κ1) is 19.6. The summed E-state index contributed by atoms with van der Waals surface area (Å²) in [5, 5.41) is 2.95. The lowest BCUT2D eigenvalue weighted by Crippen LogP contribution is -2.13. The second-order valence-electron chi connectivity index (χ2n) is 5.82. The molecule has 2 aromatic rings. The van der Waals surface area contributed by atoms with Gasteiger partial charge >= 0.3 is 0 Å². The second kappa shape index (κ2) is 9.08. The average Bonchev–Trinajstić information content (AvgIpc) is 2.57. The topological polar surface area (TPSA) is 47.6 Å². The van der Waals surface area contributed by atoms with Crippen LogP contribution in [0.4, 0.5) is 5.69 Å². The fourth-order valence-corrected chi connectivity index (χ4v) is 3.09. The molecule has 134 valence electrons. The number of halogens is 1. The monoisotopic (exact) mass is 453 g/mol. The maximum absolute atomic E-state index is 12.6. The Morgan fingerprint density at radius 1 is 1.08 bits per heavy atom. The Kier molecular flexibility index (Phi) is 7.11. The third kappa shape index (κ3) is 5.11. The molecule has 0 atom stereocenters. The highest BCUT2D eigenvalue weighted by molar-refractivity contribution is 14.1. The van der Waals surface area contributed by atoms with E-state index in [0.29, 0.717) is 30.3 Å². The molecule has 1 amide bonds. The third-order valence-electron chi connectivity index (χ3n) is 3.79. The standard InChI is InChI=1S/C20H24INO3/c1-5-9-25-19-17(21)11-15(12-18(19)24-6-2)20(23)22-16-8-7-13(3)14(4)10-16/h7-8,10-12H,5-6,9H2,1-4H3,(H,22,23). The van der Waals surface area contributed by atoms with E-state index in [9.17, 15) is 4.79 Å². The number of carbonyl (C=O) groups is 1. The van der Waals surface area contributed by atoms with Crippen LogP contribution in [0.1, 0.15) is 41.8 Å². The molecule has 25 heavy (non-hydrogen) atoms. The Hall–Kier alpha value is -1.76. The van der Waals surface area contributed by atoms with Gasteiger partial charge in [0.2, 0.25) is 0 Å². The molecule has 0 aliphatic carbocycles. The van der Waals surface area contributed by atoms with E-state index in [0.717, 1.165) is 21.2 Å². The number of anilines is 1. The lowest BCUT2D eigenvalue weighted by molar-refractivity contribution is 0.102. The van der Waals surface area contributed by atoms with Crippen molar-refractivity contribution in [1.82, 2.24) is 0 Å². The molecule has 0 unspecified atom stereocenters. The summed E-state index contributed by atoms with van der Waals surface area (Å²) in [6.07, 6.45) is 0.913. The molecule has 0 saturated heterocycles. The Balaban J connectivity index is 2.27. The number of hydrogen-bond donors (Lipinski definition) is 1. The molecule has 0 aliphatic rings. The number of ether oxygens (including phenoxy) is 2. The van der Waals surface area contributed by atoms with Crippen molar-refractivity contribution in [3.05, 3.63) is 50.6 Å². The first-order valence-electron chi connectivity index (χ1n) is 8.44. The van der Waals surface area contributed by atoms with Crippen molar-refractivity contribution >= 4 is 34.2 Å². The van der Waals surface area contributed by atoms with Crippen molar-refractivity contribution in [2.75, 3.05) is 18.5 Å². The van der Waals surface area contributed by atoms with Gasteiger partial charge in [-0.15, -0.1) is 0 Å². The zero-order valence-corrected chi connectivity index (χ0v) is 17.3. The van der Waals surface area contributed by atoms with Crippen molar-refractivity contribution in [3.63, 3.8) is 0 Å². The molecule has 0 spiro atoms. The zero-order valence-electron chi connectivity index (χ0n) is 15.1. The zero-order chi connectivity index (χ0) is 18.4. The van der Waals surface area contributed by atoms with Crippen LogP contribution in [0, 0.1) is 17.4 Å². The number of hydrogen-bond acceptors (Lipinski definition) is 3. The third-order valence-corrected chi connectivity index (χ3v) is 4.59. The first-order chi connectivity index (χ1) is 12.0. The van der Waals surface area contributed by atoms with Crippen molar-refractivity contribution in [1.29, 1.82) is 0 Å². The van der Waals surface area contributed by atoms with Crippen LogP contribution in [0.2, 0.25) is 0 Å². The lowest BCUT2D eigenvalue weighted by Gasteiger charge is -2.15. The number of aryl methyl sites for hydroxylation is 2. The molecule has 0 radical (unpaired) electrons. The quantitative estimate of drug-likeness (QED) is 0.576. The molecule has 0 aromatic heterocycles. The summed E-state index contributed by atoms with van der Waals surface area (Å²) in [5.41, 5.74) is 3.68. The van der Waals surface area contributed by atoms with E-state index in [-0.39, 0.29) is 5.91 Å². The van der Waals surface area contributed by atoms with Crippen LogP contribution < -0.4 is 14.8 Å². The SMILES string of the molecule is CCCOc1c(I)cc(C(=O)Nc2ccc(C)c(C)c2)cc1OCC. The molecule has 0 fully saturated rings. The minimum atomic E-state index is -0.163. The van der Waals surface area contributed by atoms with Crippen molar-refractivity contribution in [3.8, 4) is 11.5 Å². The lowest BCUT2D eigenvalue weighted by atomic mass is 10.1. The van der Waals surface area contributed by atoms with Gasteiger partial charge in [-0.05, 0) is 85.2 Å².